The molecule has 22 heavy (non-hydrogen) atoms. The van der Waals surface area contributed by atoms with Gasteiger partial charge in [-0.05, 0) is 31.9 Å². The minimum Gasteiger partial charge on any atom is -0.322 e. The Hall–Kier alpha value is -2.14. The van der Waals surface area contributed by atoms with Crippen LogP contribution in [0.25, 0.3) is 0 Å². The second kappa shape index (κ2) is 6.75. The average Bonchev–Trinajstić information content (AvgIpc) is 3.17. The molecule has 1 fully saturated rings. The molecular formula is C17H22N4O. The van der Waals surface area contributed by atoms with Crippen LogP contribution in [-0.2, 0) is 17.9 Å². The smallest absolute Gasteiger partial charge is 0.241 e. The highest BCUT2D eigenvalue weighted by molar-refractivity contribution is 5.94. The Kier molecular flexibility index (Phi) is 4.53. The predicted molar refractivity (Wildman–Crippen MR) is 86.4 cm³/mol. The van der Waals surface area contributed by atoms with Gasteiger partial charge in [0.1, 0.15) is 0 Å². The molecule has 1 aliphatic rings. The van der Waals surface area contributed by atoms with Gasteiger partial charge in [0.25, 0.3) is 0 Å². The van der Waals surface area contributed by atoms with Crippen molar-refractivity contribution in [2.45, 2.75) is 38.9 Å². The van der Waals surface area contributed by atoms with E-state index in [1.54, 1.807) is 6.20 Å². The zero-order valence-corrected chi connectivity index (χ0v) is 12.9. The van der Waals surface area contributed by atoms with Crippen LogP contribution in [0, 0.1) is 0 Å². The molecule has 2 aromatic rings. The molecule has 1 saturated heterocycles. The van der Waals surface area contributed by atoms with Crippen LogP contribution in [0.3, 0.4) is 0 Å². The lowest BCUT2D eigenvalue weighted by molar-refractivity contribution is -0.120. The molecule has 0 saturated carbocycles. The second-order valence-electron chi connectivity index (χ2n) is 5.69. The minimum absolute atomic E-state index is 0.0508. The van der Waals surface area contributed by atoms with E-state index in [0.29, 0.717) is 0 Å². The summed E-state index contributed by atoms with van der Waals surface area (Å²) < 4.78 is 1.81. The first kappa shape index (κ1) is 14.8. The number of aromatic nitrogens is 2. The quantitative estimate of drug-likeness (QED) is 0.922. The molecule has 1 atom stereocenters. The fourth-order valence-electron chi connectivity index (χ4n) is 2.96. The summed E-state index contributed by atoms with van der Waals surface area (Å²) in [5, 5.41) is 7.18. The van der Waals surface area contributed by atoms with Crippen molar-refractivity contribution in [2.24, 2.45) is 0 Å². The number of benzene rings is 1. The van der Waals surface area contributed by atoms with Crippen LogP contribution in [0.2, 0.25) is 0 Å². The van der Waals surface area contributed by atoms with E-state index >= 15 is 0 Å². The van der Waals surface area contributed by atoms with Gasteiger partial charge < -0.3 is 5.32 Å². The first-order valence-corrected chi connectivity index (χ1v) is 7.87. The molecule has 1 aromatic carbocycles. The van der Waals surface area contributed by atoms with Crippen LogP contribution in [-0.4, -0.2) is 33.2 Å². The van der Waals surface area contributed by atoms with Gasteiger partial charge in [0.15, 0.2) is 0 Å². The van der Waals surface area contributed by atoms with Crippen molar-refractivity contribution in [3.05, 3.63) is 48.3 Å². The van der Waals surface area contributed by atoms with Gasteiger partial charge in [-0.3, -0.25) is 14.4 Å². The van der Waals surface area contributed by atoms with Crippen LogP contribution in [0.15, 0.2) is 42.7 Å². The molecule has 2 heterocycles. The highest BCUT2D eigenvalue weighted by Gasteiger charge is 2.30. The van der Waals surface area contributed by atoms with Crippen molar-refractivity contribution >= 4 is 11.6 Å². The summed E-state index contributed by atoms with van der Waals surface area (Å²) in [5.41, 5.74) is 2.03. The largest absolute Gasteiger partial charge is 0.322 e. The number of hydrogen-bond acceptors (Lipinski definition) is 3. The van der Waals surface area contributed by atoms with Crippen LogP contribution >= 0.6 is 0 Å². The van der Waals surface area contributed by atoms with Crippen molar-refractivity contribution in [2.75, 3.05) is 11.9 Å². The number of carbonyl (C=O) groups is 1. The Morgan fingerprint density at radius 3 is 2.91 bits per heavy atom. The zero-order valence-electron chi connectivity index (χ0n) is 12.9. The Morgan fingerprint density at radius 2 is 2.18 bits per heavy atom. The summed E-state index contributed by atoms with van der Waals surface area (Å²) in [5.74, 6) is 0.0732. The maximum Gasteiger partial charge on any atom is 0.241 e. The van der Waals surface area contributed by atoms with Crippen molar-refractivity contribution in [3.63, 3.8) is 0 Å². The Bertz CT molecular complexity index is 623. The Morgan fingerprint density at radius 1 is 1.36 bits per heavy atom. The van der Waals surface area contributed by atoms with E-state index in [4.69, 9.17) is 0 Å². The van der Waals surface area contributed by atoms with Gasteiger partial charge in [-0.25, -0.2) is 0 Å². The molecule has 1 unspecified atom stereocenters. The molecule has 1 amide bonds. The number of hydrogen-bond donors (Lipinski definition) is 1. The van der Waals surface area contributed by atoms with Crippen LogP contribution in [0.5, 0.6) is 0 Å². The average molecular weight is 298 g/mol. The lowest BCUT2D eigenvalue weighted by atomic mass is 10.1. The maximum atomic E-state index is 12.5. The number of anilines is 1. The molecule has 0 spiro atoms. The zero-order chi connectivity index (χ0) is 15.4. The summed E-state index contributed by atoms with van der Waals surface area (Å²) in [6.07, 6.45) is 5.56. The van der Waals surface area contributed by atoms with Gasteiger partial charge in [-0.15, -0.1) is 0 Å². The van der Waals surface area contributed by atoms with Crippen molar-refractivity contribution < 1.29 is 4.79 Å². The van der Waals surface area contributed by atoms with E-state index in [1.165, 1.54) is 5.56 Å². The summed E-state index contributed by atoms with van der Waals surface area (Å²) in [6.45, 7) is 4.63. The highest BCUT2D eigenvalue weighted by atomic mass is 16.2. The molecule has 3 rings (SSSR count). The fraction of sp³-hybridized carbons (Fsp3) is 0.412. The molecular weight excluding hydrogens is 276 g/mol. The summed E-state index contributed by atoms with van der Waals surface area (Å²) in [6, 6.07) is 10.3. The van der Waals surface area contributed by atoms with Gasteiger partial charge in [0.2, 0.25) is 5.91 Å². The number of rotatable bonds is 5. The second-order valence-corrected chi connectivity index (χ2v) is 5.69. The standard InChI is InChI=1S/C17H22N4O/c1-2-21-13-15(11-18-21)19-17(22)16-9-6-10-20(16)12-14-7-4-3-5-8-14/h3-5,7-8,11,13,16H,2,6,9-10,12H2,1H3,(H,19,22). The van der Waals surface area contributed by atoms with Gasteiger partial charge in [-0.1, -0.05) is 30.3 Å². The third kappa shape index (κ3) is 3.36. The number of aryl methyl sites for hydroxylation is 1. The van der Waals surface area contributed by atoms with Gasteiger partial charge in [0, 0.05) is 19.3 Å². The predicted octanol–water partition coefficient (Wildman–Crippen LogP) is 2.51. The van der Waals surface area contributed by atoms with E-state index in [-0.39, 0.29) is 11.9 Å². The minimum atomic E-state index is -0.0508. The summed E-state index contributed by atoms with van der Waals surface area (Å²) in [4.78, 5) is 14.8. The van der Waals surface area contributed by atoms with E-state index in [2.05, 4.69) is 27.4 Å². The number of nitrogens with zero attached hydrogens (tertiary/aromatic N) is 3. The SMILES string of the molecule is CCn1cc(NC(=O)C2CCCN2Cc2ccccc2)cn1. The van der Waals surface area contributed by atoms with Crippen molar-refractivity contribution in [1.29, 1.82) is 0 Å². The molecule has 116 valence electrons. The fourth-order valence-corrected chi connectivity index (χ4v) is 2.96. The molecule has 5 nitrogen and oxygen atoms in total. The number of carbonyl (C=O) groups excluding carboxylic acids is 1. The van der Waals surface area contributed by atoms with Crippen LogP contribution in [0.1, 0.15) is 25.3 Å². The van der Waals surface area contributed by atoms with Crippen LogP contribution < -0.4 is 5.32 Å². The number of likely N-dealkylation sites (tertiary alicyclic amines) is 1. The molecule has 1 N–H and O–H groups in total. The third-order valence-corrected chi connectivity index (χ3v) is 4.12. The molecule has 5 heteroatoms. The summed E-state index contributed by atoms with van der Waals surface area (Å²) >= 11 is 0. The maximum absolute atomic E-state index is 12.5. The van der Waals surface area contributed by atoms with Gasteiger partial charge in [0.05, 0.1) is 17.9 Å². The lowest BCUT2D eigenvalue weighted by Crippen LogP contribution is -2.39. The monoisotopic (exact) mass is 298 g/mol. The number of nitrogens with one attached hydrogen (secondary N) is 1. The van der Waals surface area contributed by atoms with E-state index in [9.17, 15) is 4.79 Å². The Balaban J connectivity index is 1.63. The highest BCUT2D eigenvalue weighted by Crippen LogP contribution is 2.21. The topological polar surface area (TPSA) is 50.2 Å². The van der Waals surface area contributed by atoms with Crippen molar-refractivity contribution in [1.82, 2.24) is 14.7 Å². The van der Waals surface area contributed by atoms with Crippen molar-refractivity contribution in [3.8, 4) is 0 Å². The van der Waals surface area contributed by atoms with E-state index < -0.39 is 0 Å². The first-order valence-electron chi connectivity index (χ1n) is 7.87. The molecule has 0 bridgehead atoms. The lowest BCUT2D eigenvalue weighted by Gasteiger charge is -2.23. The first-order chi connectivity index (χ1) is 10.8. The Labute approximate surface area is 130 Å². The third-order valence-electron chi connectivity index (χ3n) is 4.12. The van der Waals surface area contributed by atoms with Crippen LogP contribution in [0.4, 0.5) is 5.69 Å². The molecule has 1 aromatic heterocycles. The van der Waals surface area contributed by atoms with Gasteiger partial charge >= 0.3 is 0 Å². The van der Waals surface area contributed by atoms with Gasteiger partial charge in [-0.2, -0.15) is 5.10 Å². The van der Waals surface area contributed by atoms with E-state index in [1.807, 2.05) is 36.0 Å². The molecule has 1 aliphatic heterocycles. The number of amides is 1. The molecule has 0 aliphatic carbocycles. The molecule has 0 radical (unpaired) electrons. The summed E-state index contributed by atoms with van der Waals surface area (Å²) in [7, 11) is 0. The van der Waals surface area contributed by atoms with E-state index in [0.717, 1.165) is 38.2 Å². The normalized spacial score (nSPS) is 18.5.